The second-order valence-electron chi connectivity index (χ2n) is 9.27. The molecule has 0 aliphatic heterocycles. The van der Waals surface area contributed by atoms with E-state index >= 15 is 0 Å². The molecule has 0 aromatic rings. The number of hydrogen-bond acceptors (Lipinski definition) is 2. The summed E-state index contributed by atoms with van der Waals surface area (Å²) in [5.41, 5.74) is 0. The fourth-order valence-corrected chi connectivity index (χ4v) is 7.07. The number of hydrogen-bond donors (Lipinski definition) is 1. The Hall–Kier alpha value is -0.860. The van der Waals surface area contributed by atoms with Crippen LogP contribution in [0.5, 0.6) is 0 Å². The molecule has 0 heterocycles. The number of Topliss-reactive ketones (excluding diaryl/α,β-unsaturated/α-hetero) is 1. The molecular weight excluding hydrogens is 300 g/mol. The van der Waals surface area contributed by atoms with Gasteiger partial charge in [0.15, 0.2) is 0 Å². The second-order valence-corrected chi connectivity index (χ2v) is 9.27. The summed E-state index contributed by atoms with van der Waals surface area (Å²) in [5, 5.41) is 9.01. The molecule has 24 heavy (non-hydrogen) atoms. The molecule has 134 valence electrons. The first kappa shape index (κ1) is 16.6. The second kappa shape index (κ2) is 6.80. The molecule has 0 amide bonds. The molecule has 7 unspecified atom stereocenters. The zero-order valence-corrected chi connectivity index (χ0v) is 14.8. The molecule has 7 atom stereocenters. The largest absolute Gasteiger partial charge is 0.481 e. The molecule has 3 nitrogen and oxygen atoms in total. The number of ketones is 1. The van der Waals surface area contributed by atoms with Crippen molar-refractivity contribution in [3.8, 4) is 0 Å². The van der Waals surface area contributed by atoms with Crippen LogP contribution in [0.25, 0.3) is 0 Å². The Morgan fingerprint density at radius 2 is 1.29 bits per heavy atom. The van der Waals surface area contributed by atoms with Crippen LogP contribution in [0.2, 0.25) is 0 Å². The SMILES string of the molecule is O=C(O)CC(=O)C1CCCC2CC3CC4CCCCC4CC3CC21. The maximum Gasteiger partial charge on any atom is 0.310 e. The van der Waals surface area contributed by atoms with Gasteiger partial charge in [-0.3, -0.25) is 9.59 Å². The highest BCUT2D eigenvalue weighted by molar-refractivity contribution is 5.96. The first-order chi connectivity index (χ1) is 11.6. The molecule has 4 saturated carbocycles. The summed E-state index contributed by atoms with van der Waals surface area (Å²) in [6.45, 7) is 0. The zero-order chi connectivity index (χ0) is 16.7. The summed E-state index contributed by atoms with van der Waals surface area (Å²) in [7, 11) is 0. The normalized spacial score (nSPS) is 44.8. The van der Waals surface area contributed by atoms with Crippen LogP contribution in [0, 0.1) is 41.4 Å². The van der Waals surface area contributed by atoms with E-state index in [-0.39, 0.29) is 18.1 Å². The van der Waals surface area contributed by atoms with Crippen LogP contribution in [0.1, 0.15) is 77.0 Å². The van der Waals surface area contributed by atoms with Gasteiger partial charge in [0.25, 0.3) is 0 Å². The Kier molecular flexibility index (Phi) is 4.70. The van der Waals surface area contributed by atoms with Crippen molar-refractivity contribution in [1.82, 2.24) is 0 Å². The number of aliphatic carboxylic acids is 1. The van der Waals surface area contributed by atoms with Crippen molar-refractivity contribution in [1.29, 1.82) is 0 Å². The Labute approximate surface area is 145 Å². The molecule has 3 heteroatoms. The lowest BCUT2D eigenvalue weighted by Crippen LogP contribution is -2.45. The highest BCUT2D eigenvalue weighted by Crippen LogP contribution is 2.56. The van der Waals surface area contributed by atoms with Crippen molar-refractivity contribution in [3.05, 3.63) is 0 Å². The Morgan fingerprint density at radius 3 is 1.96 bits per heavy atom. The van der Waals surface area contributed by atoms with Crippen molar-refractivity contribution >= 4 is 11.8 Å². The monoisotopic (exact) mass is 332 g/mol. The summed E-state index contributed by atoms with van der Waals surface area (Å²) in [5.74, 6) is 3.97. The summed E-state index contributed by atoms with van der Waals surface area (Å²) in [4.78, 5) is 23.4. The van der Waals surface area contributed by atoms with E-state index in [1.165, 1.54) is 57.8 Å². The van der Waals surface area contributed by atoms with E-state index in [1.54, 1.807) is 0 Å². The lowest BCUT2D eigenvalue weighted by Gasteiger charge is -2.52. The number of carboxylic acid groups (broad SMARTS) is 1. The molecule has 4 aliphatic carbocycles. The Morgan fingerprint density at radius 1 is 0.708 bits per heavy atom. The van der Waals surface area contributed by atoms with Gasteiger partial charge in [-0.15, -0.1) is 0 Å². The van der Waals surface area contributed by atoms with Gasteiger partial charge in [-0.25, -0.2) is 0 Å². The molecule has 4 aliphatic rings. The predicted octanol–water partition coefficient (Wildman–Crippen LogP) is 4.69. The number of rotatable bonds is 3. The fraction of sp³-hybridized carbons (Fsp3) is 0.905. The van der Waals surface area contributed by atoms with Crippen LogP contribution in [-0.2, 0) is 9.59 Å². The molecule has 0 bridgehead atoms. The molecule has 0 radical (unpaired) electrons. The highest BCUT2D eigenvalue weighted by Gasteiger charge is 2.48. The van der Waals surface area contributed by atoms with E-state index in [0.717, 1.165) is 36.5 Å². The van der Waals surface area contributed by atoms with Crippen LogP contribution in [0.4, 0.5) is 0 Å². The first-order valence-electron chi connectivity index (χ1n) is 10.4. The summed E-state index contributed by atoms with van der Waals surface area (Å²) in [6, 6.07) is 0. The van der Waals surface area contributed by atoms with Crippen molar-refractivity contribution in [2.45, 2.75) is 77.0 Å². The van der Waals surface area contributed by atoms with Crippen molar-refractivity contribution < 1.29 is 14.7 Å². The maximum absolute atomic E-state index is 12.5. The average molecular weight is 332 g/mol. The van der Waals surface area contributed by atoms with Gasteiger partial charge in [-0.2, -0.15) is 0 Å². The Bertz CT molecular complexity index is 499. The van der Waals surface area contributed by atoms with E-state index in [0.29, 0.717) is 11.8 Å². The van der Waals surface area contributed by atoms with Gasteiger partial charge in [0.05, 0.1) is 0 Å². The highest BCUT2D eigenvalue weighted by atomic mass is 16.4. The number of carboxylic acids is 1. The topological polar surface area (TPSA) is 54.4 Å². The van der Waals surface area contributed by atoms with Crippen LogP contribution < -0.4 is 0 Å². The molecule has 0 saturated heterocycles. The molecular formula is C21H32O3. The van der Waals surface area contributed by atoms with E-state index < -0.39 is 5.97 Å². The van der Waals surface area contributed by atoms with Gasteiger partial charge < -0.3 is 5.11 Å². The smallest absolute Gasteiger partial charge is 0.310 e. The third-order valence-corrected chi connectivity index (χ3v) is 8.08. The van der Waals surface area contributed by atoms with Crippen LogP contribution in [-0.4, -0.2) is 16.9 Å². The minimum Gasteiger partial charge on any atom is -0.481 e. The number of carbonyl (C=O) groups is 2. The van der Waals surface area contributed by atoms with E-state index in [2.05, 4.69) is 0 Å². The molecule has 4 fully saturated rings. The van der Waals surface area contributed by atoms with E-state index in [4.69, 9.17) is 5.11 Å². The fourth-order valence-electron chi connectivity index (χ4n) is 7.07. The number of fused-ring (bicyclic) bond motifs is 3. The molecule has 0 aromatic heterocycles. The average Bonchev–Trinajstić information content (AvgIpc) is 2.56. The van der Waals surface area contributed by atoms with Gasteiger partial charge in [0.1, 0.15) is 12.2 Å². The zero-order valence-electron chi connectivity index (χ0n) is 14.8. The van der Waals surface area contributed by atoms with E-state index in [1.807, 2.05) is 0 Å². The third kappa shape index (κ3) is 3.15. The minimum absolute atomic E-state index is 0.0157. The van der Waals surface area contributed by atoms with Crippen molar-refractivity contribution in [3.63, 3.8) is 0 Å². The van der Waals surface area contributed by atoms with Gasteiger partial charge in [-0.1, -0.05) is 38.5 Å². The lowest BCUT2D eigenvalue weighted by atomic mass is 9.53. The van der Waals surface area contributed by atoms with Gasteiger partial charge in [0.2, 0.25) is 0 Å². The molecule has 0 aromatic carbocycles. The number of carbonyl (C=O) groups excluding carboxylic acids is 1. The summed E-state index contributed by atoms with van der Waals surface area (Å²) in [6.07, 6.45) is 14.2. The molecule has 0 spiro atoms. The van der Waals surface area contributed by atoms with Crippen molar-refractivity contribution in [2.24, 2.45) is 41.4 Å². The Balaban J connectivity index is 1.46. The maximum atomic E-state index is 12.5. The molecule has 4 rings (SSSR count). The standard InChI is InChI=1S/C21H32O3/c22-20(12-21(23)24)18-7-3-6-15-10-16-8-13-4-1-2-5-14(13)9-17(16)11-19(15)18/h13-19H,1-12H2,(H,23,24). The van der Waals surface area contributed by atoms with Crippen LogP contribution >= 0.6 is 0 Å². The third-order valence-electron chi connectivity index (χ3n) is 8.08. The molecule has 1 N–H and O–H groups in total. The lowest BCUT2D eigenvalue weighted by molar-refractivity contribution is -0.143. The van der Waals surface area contributed by atoms with Crippen LogP contribution in [0.15, 0.2) is 0 Å². The predicted molar refractivity (Wildman–Crippen MR) is 92.5 cm³/mol. The summed E-state index contributed by atoms with van der Waals surface area (Å²) < 4.78 is 0. The van der Waals surface area contributed by atoms with Gasteiger partial charge in [0, 0.05) is 5.92 Å². The van der Waals surface area contributed by atoms with E-state index in [9.17, 15) is 9.59 Å². The van der Waals surface area contributed by atoms with Crippen LogP contribution in [0.3, 0.4) is 0 Å². The van der Waals surface area contributed by atoms with Crippen molar-refractivity contribution in [2.75, 3.05) is 0 Å². The minimum atomic E-state index is -0.946. The first-order valence-corrected chi connectivity index (χ1v) is 10.4. The van der Waals surface area contributed by atoms with Gasteiger partial charge >= 0.3 is 5.97 Å². The summed E-state index contributed by atoms with van der Waals surface area (Å²) >= 11 is 0. The quantitative estimate of drug-likeness (QED) is 0.763. The van der Waals surface area contributed by atoms with Gasteiger partial charge in [-0.05, 0) is 67.6 Å².